The third kappa shape index (κ3) is 22.7. The molecular formula is C91H156N17+7. The lowest BCUT2D eigenvalue weighted by Gasteiger charge is -2.31. The number of fused-ring (bicyclic) bond motifs is 7. The Morgan fingerprint density at radius 1 is 0.315 bits per heavy atom. The van der Waals surface area contributed by atoms with Crippen LogP contribution >= 0.6 is 0 Å². The van der Waals surface area contributed by atoms with Gasteiger partial charge in [-0.3, -0.25) is 29.4 Å². The number of H-pyrrole nitrogens is 1. The molecule has 14 heterocycles. The summed E-state index contributed by atoms with van der Waals surface area (Å²) in [4.78, 5) is 21.1. The summed E-state index contributed by atoms with van der Waals surface area (Å²) in [7, 11) is 0. The minimum Gasteiger partial charge on any atom is -0.333 e. The Morgan fingerprint density at radius 3 is 1.31 bits per heavy atom. The number of hydrogen-bond acceptors (Lipinski definition) is 7. The fourth-order valence-electron chi connectivity index (χ4n) is 16.4. The van der Waals surface area contributed by atoms with Gasteiger partial charge in [0.25, 0.3) is 5.82 Å². The van der Waals surface area contributed by atoms with Crippen LogP contribution in [0.5, 0.6) is 0 Å². The standard InChI is InChI=1S/4C14H23N2.2C12H22N3.C11H19N3/c1-11(2)15-7-5-14-10-16(12(3)4)8-6-13(14)9-15;1-11(2)15-7-5-13-6-8-16(12(3)4)10-14(13)9-15;1-11(2)15-9-7-14-13(10-15)6-5-8-16(14)12(3)4;1-11(2)15-9-7-13-6-5-8-16(12(3)4)14(13)10-15;1-10(2)14-6-5-13-7-8-15(11(3)4)12(13)9-14;1-10(2)14-7-5-6-13-8-9-15(11(3)4)12(13)14;1-8(2)13-6-5-10-11(13)12-7-14(10)9(3)4/h2*5,7,9,11-12H,6,8,10H2,1-4H3;2*5-6,8,11-12H,7,9-10H2,1-4H3;7-8,10-11H,5-6,9H2,1-4H3;8-11H,5-7H2,1-4H3;7-9H,5-6H2,1-4H3/q6*+1;/p+1. The van der Waals surface area contributed by atoms with Gasteiger partial charge >= 0.3 is 5.95 Å². The second kappa shape index (κ2) is 40.2. The van der Waals surface area contributed by atoms with Crippen LogP contribution in [0.25, 0.3) is 0 Å². The predicted octanol–water partition coefficient (Wildman–Crippen LogP) is 14.5. The molecule has 17 nitrogen and oxygen atoms in total. The Kier molecular flexibility index (Phi) is 32.5. The van der Waals surface area contributed by atoms with Crippen LogP contribution in [0.4, 0.5) is 11.8 Å². The van der Waals surface area contributed by atoms with Gasteiger partial charge in [0, 0.05) is 161 Å². The maximum atomic E-state index is 3.39. The zero-order valence-electron chi connectivity index (χ0n) is 73.7. The average molecular weight is 1490 g/mol. The molecule has 0 amide bonds. The predicted molar refractivity (Wildman–Crippen MR) is 445 cm³/mol. The molecule has 0 aromatic carbocycles. The maximum Gasteiger partial charge on any atom is 0.360 e. The molecule has 0 aliphatic carbocycles. The number of pyridine rings is 4. The molecule has 0 saturated heterocycles. The number of imidazole rings is 3. The maximum absolute atomic E-state index is 3.39. The van der Waals surface area contributed by atoms with Gasteiger partial charge in [-0.25, -0.2) is 41.5 Å². The van der Waals surface area contributed by atoms with Crippen molar-refractivity contribution in [3.63, 3.8) is 0 Å². The van der Waals surface area contributed by atoms with E-state index in [4.69, 9.17) is 0 Å². The van der Waals surface area contributed by atoms with Crippen LogP contribution in [0.1, 0.15) is 299 Å². The van der Waals surface area contributed by atoms with Crippen molar-refractivity contribution in [3.8, 4) is 0 Å². The van der Waals surface area contributed by atoms with Gasteiger partial charge in [-0.05, 0) is 236 Å². The Balaban J connectivity index is 0.000000159. The average Bonchev–Trinajstić information content (AvgIpc) is 1.68. The van der Waals surface area contributed by atoms with Crippen LogP contribution in [0.3, 0.4) is 0 Å². The Morgan fingerprint density at radius 2 is 0.769 bits per heavy atom. The van der Waals surface area contributed by atoms with Gasteiger partial charge in [0.05, 0.1) is 56.2 Å². The smallest absolute Gasteiger partial charge is 0.333 e. The minimum atomic E-state index is 0.542. The second-order valence-corrected chi connectivity index (χ2v) is 35.8. The monoisotopic (exact) mass is 1490 g/mol. The number of hydrogen-bond donors (Lipinski definition) is 1. The van der Waals surface area contributed by atoms with E-state index in [9.17, 15) is 0 Å². The van der Waals surface area contributed by atoms with Crippen molar-refractivity contribution in [2.45, 2.75) is 363 Å². The Labute approximate surface area is 658 Å². The highest BCUT2D eigenvalue weighted by Gasteiger charge is 2.35. The first kappa shape index (κ1) is 87.2. The lowest BCUT2D eigenvalue weighted by molar-refractivity contribution is -0.724. The summed E-state index contributed by atoms with van der Waals surface area (Å²) < 4.78 is 21.3. The third-order valence-corrected chi connectivity index (χ3v) is 23.5. The molecule has 598 valence electrons. The van der Waals surface area contributed by atoms with Crippen LogP contribution in [-0.2, 0) is 77.9 Å². The van der Waals surface area contributed by atoms with E-state index in [-0.39, 0.29) is 0 Å². The molecule has 108 heavy (non-hydrogen) atoms. The van der Waals surface area contributed by atoms with Gasteiger partial charge in [0.2, 0.25) is 12.1 Å². The zero-order chi connectivity index (χ0) is 79.1. The summed E-state index contributed by atoms with van der Waals surface area (Å²) >= 11 is 0. The van der Waals surface area contributed by atoms with Crippen molar-refractivity contribution < 1.29 is 32.0 Å². The summed E-state index contributed by atoms with van der Waals surface area (Å²) in [5.41, 5.74) is 13.7. The van der Waals surface area contributed by atoms with Gasteiger partial charge in [-0.2, -0.15) is 4.57 Å². The van der Waals surface area contributed by atoms with Gasteiger partial charge in [-0.1, -0.05) is 0 Å². The van der Waals surface area contributed by atoms with E-state index in [2.05, 4.69) is 379 Å². The van der Waals surface area contributed by atoms with Crippen molar-refractivity contribution >= 4 is 11.8 Å². The van der Waals surface area contributed by atoms with E-state index in [0.29, 0.717) is 84.6 Å². The lowest BCUT2D eigenvalue weighted by atomic mass is 10.0. The highest BCUT2D eigenvalue weighted by Crippen LogP contribution is 2.28. The molecule has 0 atom stereocenters. The highest BCUT2D eigenvalue weighted by molar-refractivity contribution is 5.47. The SMILES string of the molecule is CC(C)N1CCC[n+]2ccn(C(C)C)c21.CC(C)N1CC[n+]2ccn(C(C)C)c2C1.CC(C)N1CCc2c(ccc[n+]2C(C)C)C1.CC(C)N1CCc2c1[nH]c[n+]2C(C)C.CC(C)N1CCc2c[n+](C(C)C)ccc2C1.CC(C)N1CCc2cc[n+](C(C)C)cc2C1.CC(C)N1CCc2ccc[n+](C(C)C)c2C1. The van der Waals surface area contributed by atoms with Crippen LogP contribution < -0.4 is 41.8 Å². The molecule has 7 aliphatic rings. The molecule has 0 fully saturated rings. The number of aryl methyl sites for hydroxylation is 1. The van der Waals surface area contributed by atoms with Crippen molar-refractivity contribution in [1.29, 1.82) is 0 Å². The topological polar surface area (TPSA) is 75.5 Å². The Hall–Kier alpha value is -6.37. The van der Waals surface area contributed by atoms with Gasteiger partial charge < -0.3 is 4.90 Å². The fraction of sp³-hybridized carbons (Fsp3) is 0.681. The van der Waals surface area contributed by atoms with Crippen molar-refractivity contribution in [2.24, 2.45) is 0 Å². The molecule has 14 rings (SSSR count). The van der Waals surface area contributed by atoms with Gasteiger partial charge in [0.15, 0.2) is 78.4 Å². The lowest BCUT2D eigenvalue weighted by Crippen LogP contribution is -2.51. The second-order valence-electron chi connectivity index (χ2n) is 35.8. The number of aromatic nitrogens is 10. The first-order valence-corrected chi connectivity index (χ1v) is 42.8. The highest BCUT2D eigenvalue weighted by atomic mass is 15.4. The van der Waals surface area contributed by atoms with Crippen LogP contribution in [0, 0.1) is 0 Å². The van der Waals surface area contributed by atoms with E-state index in [1.165, 1.54) is 146 Å². The zero-order valence-corrected chi connectivity index (χ0v) is 73.7. The summed E-state index contributed by atoms with van der Waals surface area (Å²) in [6.07, 6.45) is 31.7. The van der Waals surface area contributed by atoms with Crippen molar-refractivity contribution in [3.05, 3.63) is 161 Å². The molecule has 0 unspecified atom stereocenters. The van der Waals surface area contributed by atoms with Crippen LogP contribution in [0.15, 0.2) is 105 Å². The summed E-state index contributed by atoms with van der Waals surface area (Å²) in [6, 6.07) is 21.9. The van der Waals surface area contributed by atoms with E-state index in [0.717, 1.165) is 52.4 Å². The van der Waals surface area contributed by atoms with Crippen molar-refractivity contribution in [2.75, 3.05) is 55.6 Å². The molecule has 7 aromatic rings. The van der Waals surface area contributed by atoms with E-state index < -0.39 is 0 Å². The van der Waals surface area contributed by atoms with Gasteiger partial charge in [-0.15, -0.1) is 0 Å². The minimum absolute atomic E-state index is 0.542. The number of rotatable bonds is 14. The van der Waals surface area contributed by atoms with Crippen molar-refractivity contribution in [1.82, 2.24) is 38.6 Å². The van der Waals surface area contributed by atoms with E-state index >= 15 is 0 Å². The summed E-state index contributed by atoms with van der Waals surface area (Å²) in [5, 5.41) is 0. The largest absolute Gasteiger partial charge is 0.360 e. The molecule has 0 radical (unpaired) electrons. The third-order valence-electron chi connectivity index (χ3n) is 23.5. The molecule has 7 aromatic heterocycles. The van der Waals surface area contributed by atoms with E-state index in [1.807, 2.05) is 0 Å². The molecule has 7 aliphatic heterocycles. The van der Waals surface area contributed by atoms with Crippen LogP contribution in [-0.4, -0.2) is 127 Å². The molecule has 0 spiro atoms. The summed E-state index contributed by atoms with van der Waals surface area (Å²) in [6.45, 7) is 79.4. The number of anilines is 2. The molecule has 17 heteroatoms. The summed E-state index contributed by atoms with van der Waals surface area (Å²) in [5.74, 6) is 4.16. The normalized spacial score (nSPS) is 16.7. The first-order chi connectivity index (χ1) is 51.1. The van der Waals surface area contributed by atoms with Crippen LogP contribution in [0.2, 0.25) is 0 Å². The number of aromatic amines is 1. The van der Waals surface area contributed by atoms with E-state index in [1.54, 1.807) is 0 Å². The molecule has 1 N–H and O–H groups in total. The number of nitrogens with one attached hydrogen (secondary N) is 1. The molecular weight excluding hydrogens is 1330 g/mol. The quantitative estimate of drug-likeness (QED) is 0.109. The molecule has 0 bridgehead atoms. The number of nitrogens with zero attached hydrogens (tertiary/aromatic N) is 16. The Bertz CT molecular complexity index is 3860. The van der Waals surface area contributed by atoms with Gasteiger partial charge in [0.1, 0.15) is 25.5 Å². The fourth-order valence-corrected chi connectivity index (χ4v) is 16.4. The first-order valence-electron chi connectivity index (χ1n) is 42.8. The molecule has 0 saturated carbocycles.